The van der Waals surface area contributed by atoms with Crippen LogP contribution in [-0.2, 0) is 4.74 Å². The first kappa shape index (κ1) is 12.2. The summed E-state index contributed by atoms with van der Waals surface area (Å²) in [6.45, 7) is 0.0598. The van der Waals surface area contributed by atoms with Gasteiger partial charge in [0.15, 0.2) is 0 Å². The van der Waals surface area contributed by atoms with Gasteiger partial charge in [0.25, 0.3) is 0 Å². The van der Waals surface area contributed by atoms with E-state index in [9.17, 15) is 4.79 Å². The third kappa shape index (κ3) is 2.53. The van der Waals surface area contributed by atoms with Crippen LogP contribution < -0.4 is 0 Å². The standard InChI is InChI=1S/C14H13NO3/c1-18-14(17)13-9-11-6-5-10(4-2-3-7-16)8-12(11)15-13/h5-6,8-9,15-16H,3,7H2,1H3. The zero-order valence-corrected chi connectivity index (χ0v) is 9.99. The Morgan fingerprint density at radius 1 is 1.44 bits per heavy atom. The topological polar surface area (TPSA) is 62.3 Å². The van der Waals surface area contributed by atoms with Crippen LogP contribution in [0.15, 0.2) is 24.3 Å². The van der Waals surface area contributed by atoms with Crippen LogP contribution in [0.2, 0.25) is 0 Å². The van der Waals surface area contributed by atoms with Crippen molar-refractivity contribution in [1.82, 2.24) is 4.98 Å². The molecule has 92 valence electrons. The summed E-state index contributed by atoms with van der Waals surface area (Å²) < 4.78 is 4.65. The minimum Gasteiger partial charge on any atom is -0.464 e. The summed E-state index contributed by atoms with van der Waals surface area (Å²) in [5.74, 6) is 5.41. The van der Waals surface area contributed by atoms with Crippen molar-refractivity contribution in [1.29, 1.82) is 0 Å². The molecule has 0 aliphatic carbocycles. The lowest BCUT2D eigenvalue weighted by Crippen LogP contribution is -2.00. The number of hydrogen-bond acceptors (Lipinski definition) is 3. The number of hydrogen-bond donors (Lipinski definition) is 2. The van der Waals surface area contributed by atoms with E-state index in [1.807, 2.05) is 18.2 Å². The first-order valence-corrected chi connectivity index (χ1v) is 5.55. The summed E-state index contributed by atoms with van der Waals surface area (Å²) in [5.41, 5.74) is 2.10. The van der Waals surface area contributed by atoms with Crippen LogP contribution in [0.1, 0.15) is 22.5 Å². The number of esters is 1. The Morgan fingerprint density at radius 2 is 2.28 bits per heavy atom. The lowest BCUT2D eigenvalue weighted by molar-refractivity contribution is 0.0595. The Bertz CT molecular complexity index is 631. The quantitative estimate of drug-likeness (QED) is 0.623. The largest absolute Gasteiger partial charge is 0.464 e. The molecule has 2 aromatic rings. The molecule has 1 aromatic heterocycles. The number of benzene rings is 1. The Morgan fingerprint density at radius 3 is 3.00 bits per heavy atom. The van der Waals surface area contributed by atoms with Gasteiger partial charge in [-0.1, -0.05) is 17.9 Å². The highest BCUT2D eigenvalue weighted by Crippen LogP contribution is 2.17. The van der Waals surface area contributed by atoms with Gasteiger partial charge >= 0.3 is 5.97 Å². The number of rotatable bonds is 2. The first-order chi connectivity index (χ1) is 8.74. The maximum absolute atomic E-state index is 11.4. The zero-order chi connectivity index (χ0) is 13.0. The Hall–Kier alpha value is -2.25. The van der Waals surface area contributed by atoms with E-state index in [1.54, 1.807) is 6.07 Å². The molecule has 0 bridgehead atoms. The van der Waals surface area contributed by atoms with Crippen LogP contribution in [0.4, 0.5) is 0 Å². The Labute approximate surface area is 105 Å². The third-order valence-electron chi connectivity index (χ3n) is 2.50. The van der Waals surface area contributed by atoms with E-state index in [0.717, 1.165) is 16.5 Å². The second-order valence-electron chi connectivity index (χ2n) is 3.75. The molecule has 1 aromatic carbocycles. The second kappa shape index (κ2) is 5.39. The van der Waals surface area contributed by atoms with Gasteiger partial charge < -0.3 is 14.8 Å². The van der Waals surface area contributed by atoms with Crippen LogP contribution in [0.5, 0.6) is 0 Å². The van der Waals surface area contributed by atoms with Crippen LogP contribution in [-0.4, -0.2) is 29.8 Å². The molecule has 4 heteroatoms. The highest BCUT2D eigenvalue weighted by Gasteiger charge is 2.08. The summed E-state index contributed by atoms with van der Waals surface area (Å²) in [5, 5.41) is 9.58. The highest BCUT2D eigenvalue weighted by molar-refractivity contribution is 5.95. The van der Waals surface area contributed by atoms with Gasteiger partial charge in [-0.25, -0.2) is 4.79 Å². The molecule has 1 heterocycles. The summed E-state index contributed by atoms with van der Waals surface area (Å²) in [4.78, 5) is 14.4. The Balaban J connectivity index is 2.34. The molecule has 0 amide bonds. The highest BCUT2D eigenvalue weighted by atomic mass is 16.5. The number of aromatic amines is 1. The summed E-state index contributed by atoms with van der Waals surface area (Å²) in [6, 6.07) is 7.38. The second-order valence-corrected chi connectivity index (χ2v) is 3.75. The van der Waals surface area contributed by atoms with Crippen molar-refractivity contribution in [3.05, 3.63) is 35.5 Å². The van der Waals surface area contributed by atoms with E-state index in [4.69, 9.17) is 5.11 Å². The van der Waals surface area contributed by atoms with E-state index in [2.05, 4.69) is 21.6 Å². The van der Waals surface area contributed by atoms with Crippen molar-refractivity contribution in [2.75, 3.05) is 13.7 Å². The van der Waals surface area contributed by atoms with Gasteiger partial charge in [0.1, 0.15) is 5.69 Å². The number of carbonyl (C=O) groups is 1. The molecule has 0 radical (unpaired) electrons. The number of aliphatic hydroxyl groups is 1. The fourth-order valence-electron chi connectivity index (χ4n) is 1.65. The van der Waals surface area contributed by atoms with Gasteiger partial charge in [0, 0.05) is 22.9 Å². The average molecular weight is 243 g/mol. The molecule has 0 saturated carbocycles. The van der Waals surface area contributed by atoms with E-state index < -0.39 is 0 Å². The average Bonchev–Trinajstić information content (AvgIpc) is 2.81. The number of H-pyrrole nitrogens is 1. The molecule has 0 aliphatic rings. The minimum absolute atomic E-state index is 0.0598. The number of ether oxygens (including phenoxy) is 1. The maximum Gasteiger partial charge on any atom is 0.354 e. The molecule has 0 unspecified atom stereocenters. The molecule has 0 fully saturated rings. The molecule has 0 spiro atoms. The van der Waals surface area contributed by atoms with E-state index >= 15 is 0 Å². The summed E-state index contributed by atoms with van der Waals surface area (Å²) >= 11 is 0. The van der Waals surface area contributed by atoms with Gasteiger partial charge in [-0.2, -0.15) is 0 Å². The van der Waals surface area contributed by atoms with Crippen LogP contribution in [0, 0.1) is 11.8 Å². The maximum atomic E-state index is 11.4. The van der Waals surface area contributed by atoms with Crippen molar-refractivity contribution in [2.24, 2.45) is 0 Å². The number of aromatic nitrogens is 1. The van der Waals surface area contributed by atoms with Gasteiger partial charge in [-0.3, -0.25) is 0 Å². The van der Waals surface area contributed by atoms with E-state index in [-0.39, 0.29) is 12.6 Å². The Kier molecular flexibility index (Phi) is 3.66. The van der Waals surface area contributed by atoms with Gasteiger partial charge in [0.2, 0.25) is 0 Å². The molecular formula is C14H13NO3. The third-order valence-corrected chi connectivity index (χ3v) is 2.50. The fraction of sp³-hybridized carbons (Fsp3) is 0.214. The number of methoxy groups -OCH3 is 1. The van der Waals surface area contributed by atoms with E-state index in [0.29, 0.717) is 12.1 Å². The molecule has 0 saturated heterocycles. The van der Waals surface area contributed by atoms with Crippen molar-refractivity contribution < 1.29 is 14.6 Å². The van der Waals surface area contributed by atoms with Crippen molar-refractivity contribution in [2.45, 2.75) is 6.42 Å². The van der Waals surface area contributed by atoms with Crippen LogP contribution >= 0.6 is 0 Å². The molecule has 2 N–H and O–H groups in total. The van der Waals surface area contributed by atoms with Gasteiger partial charge in [-0.05, 0) is 18.2 Å². The molecule has 18 heavy (non-hydrogen) atoms. The molecule has 4 nitrogen and oxygen atoms in total. The monoisotopic (exact) mass is 243 g/mol. The number of nitrogens with one attached hydrogen (secondary N) is 1. The van der Waals surface area contributed by atoms with Gasteiger partial charge in [-0.15, -0.1) is 0 Å². The fourth-order valence-corrected chi connectivity index (χ4v) is 1.65. The smallest absolute Gasteiger partial charge is 0.354 e. The van der Waals surface area contributed by atoms with Crippen molar-refractivity contribution >= 4 is 16.9 Å². The normalized spacial score (nSPS) is 9.89. The molecular weight excluding hydrogens is 230 g/mol. The lowest BCUT2D eigenvalue weighted by atomic mass is 10.1. The predicted octanol–water partition coefficient (Wildman–Crippen LogP) is 1.69. The predicted molar refractivity (Wildman–Crippen MR) is 68.2 cm³/mol. The van der Waals surface area contributed by atoms with Gasteiger partial charge in [0.05, 0.1) is 13.7 Å². The van der Waals surface area contributed by atoms with Crippen LogP contribution in [0.3, 0.4) is 0 Å². The lowest BCUT2D eigenvalue weighted by Gasteiger charge is -1.92. The molecule has 2 rings (SSSR count). The number of carbonyl (C=O) groups excluding carboxylic acids is 1. The first-order valence-electron chi connectivity index (χ1n) is 5.55. The van der Waals surface area contributed by atoms with Crippen LogP contribution in [0.25, 0.3) is 10.9 Å². The number of aliphatic hydroxyl groups excluding tert-OH is 1. The summed E-state index contributed by atoms with van der Waals surface area (Å²) in [7, 11) is 1.35. The van der Waals surface area contributed by atoms with Crippen molar-refractivity contribution in [3.63, 3.8) is 0 Å². The zero-order valence-electron chi connectivity index (χ0n) is 9.99. The van der Waals surface area contributed by atoms with Crippen molar-refractivity contribution in [3.8, 4) is 11.8 Å². The SMILES string of the molecule is COC(=O)c1cc2ccc(C#CCCO)cc2[nH]1. The number of fused-ring (bicyclic) bond motifs is 1. The minimum atomic E-state index is -0.390. The summed E-state index contributed by atoms with van der Waals surface area (Å²) in [6.07, 6.45) is 0.455. The molecule has 0 aliphatic heterocycles. The van der Waals surface area contributed by atoms with E-state index in [1.165, 1.54) is 7.11 Å². The molecule has 0 atom stereocenters.